The maximum atomic E-state index is 13.7. The average Bonchev–Trinajstić information content (AvgIpc) is 3.50. The van der Waals surface area contributed by atoms with Gasteiger partial charge in [0, 0.05) is 11.5 Å². The number of benzene rings is 4. The number of rotatable bonds is 6. The number of amides is 1. The van der Waals surface area contributed by atoms with Gasteiger partial charge in [0.1, 0.15) is 22.8 Å². The zero-order valence-corrected chi connectivity index (χ0v) is 21.7. The van der Waals surface area contributed by atoms with Crippen LogP contribution < -0.4 is 5.32 Å². The first-order valence-corrected chi connectivity index (χ1v) is 12.9. The van der Waals surface area contributed by atoms with Crippen molar-refractivity contribution in [3.8, 4) is 23.0 Å². The Morgan fingerprint density at radius 2 is 1.50 bits per heavy atom. The van der Waals surface area contributed by atoms with Crippen LogP contribution in [-0.2, 0) is 6.42 Å². The van der Waals surface area contributed by atoms with Crippen LogP contribution in [0.3, 0.4) is 0 Å². The summed E-state index contributed by atoms with van der Waals surface area (Å²) >= 11 is 0. The van der Waals surface area contributed by atoms with Crippen molar-refractivity contribution in [3.05, 3.63) is 118 Å². The summed E-state index contributed by atoms with van der Waals surface area (Å²) in [5.41, 5.74) is 0.566. The Bertz CT molecular complexity index is 1910. The number of fused-ring (bicyclic) bond motifs is 2. The van der Waals surface area contributed by atoms with Crippen molar-refractivity contribution in [2.75, 3.05) is 0 Å². The van der Waals surface area contributed by atoms with Crippen LogP contribution in [0, 0.1) is 0 Å². The molecule has 5 aromatic rings. The molecule has 0 fully saturated rings. The molecule has 2 unspecified atom stereocenters. The fourth-order valence-corrected chi connectivity index (χ4v) is 5.60. The van der Waals surface area contributed by atoms with E-state index in [0.717, 1.165) is 23.3 Å². The number of aromatic hydroxyl groups is 4. The van der Waals surface area contributed by atoms with Crippen LogP contribution in [-0.4, -0.2) is 43.2 Å². The summed E-state index contributed by atoms with van der Waals surface area (Å²) in [6.07, 6.45) is 0.363. The Morgan fingerprint density at radius 3 is 2.24 bits per heavy atom. The molecule has 10 nitrogen and oxygen atoms in total. The molecular weight excluding hydrogens is 542 g/mol. The Labute approximate surface area is 237 Å². The largest absolute Gasteiger partial charge is 0.508 e. The van der Waals surface area contributed by atoms with Crippen LogP contribution in [0.2, 0.25) is 0 Å². The Morgan fingerprint density at radius 1 is 0.786 bits per heavy atom. The summed E-state index contributed by atoms with van der Waals surface area (Å²) in [6, 6.07) is 18.6. The smallest absolute Gasteiger partial charge is 0.336 e. The highest BCUT2D eigenvalue weighted by atomic mass is 16.4. The normalized spacial score (nSPS) is 15.8. The van der Waals surface area contributed by atoms with Crippen molar-refractivity contribution in [2.45, 2.75) is 18.4 Å². The van der Waals surface area contributed by atoms with E-state index in [2.05, 4.69) is 5.32 Å². The van der Waals surface area contributed by atoms with Gasteiger partial charge in [-0.25, -0.2) is 4.79 Å². The molecular formula is C32H23NO9. The molecule has 0 saturated heterocycles. The minimum absolute atomic E-state index is 0.00994. The van der Waals surface area contributed by atoms with Gasteiger partial charge < -0.3 is 35.3 Å². The molecule has 1 aliphatic rings. The van der Waals surface area contributed by atoms with Crippen LogP contribution in [0.25, 0.3) is 11.0 Å². The molecule has 1 aliphatic carbocycles. The predicted molar refractivity (Wildman–Crippen MR) is 149 cm³/mol. The van der Waals surface area contributed by atoms with E-state index in [9.17, 15) is 39.9 Å². The average molecular weight is 566 g/mol. The van der Waals surface area contributed by atoms with Crippen molar-refractivity contribution >= 4 is 28.6 Å². The third-order valence-electron chi connectivity index (χ3n) is 7.55. The molecule has 10 heteroatoms. The summed E-state index contributed by atoms with van der Waals surface area (Å²) in [4.78, 5) is 38.7. The van der Waals surface area contributed by atoms with Gasteiger partial charge in [0.2, 0.25) is 5.78 Å². The summed E-state index contributed by atoms with van der Waals surface area (Å²) in [7, 11) is 0. The van der Waals surface area contributed by atoms with Gasteiger partial charge in [0.15, 0.2) is 11.5 Å². The first-order valence-electron chi connectivity index (χ1n) is 12.9. The summed E-state index contributed by atoms with van der Waals surface area (Å²) in [5.74, 6) is -5.10. The second-order valence-electron chi connectivity index (χ2n) is 9.99. The number of hydrogen-bond acceptors (Lipinski definition) is 8. The standard InChI is InChI=1S/C32H23NO9/c34-17-10-8-15(9-11-17)31(39)33-27-18-5-2-1-4-16(18)14-20(27)30-29(38)26-23(42-30)13-12-22(36)25(26)28(37)24-19(32(40)41)6-3-7-21(24)35/h1-13,20,27,34-36,38H,14H2,(H,33,39)(H,40,41). The molecule has 0 saturated carbocycles. The van der Waals surface area contributed by atoms with Gasteiger partial charge in [0.05, 0.1) is 28.1 Å². The van der Waals surface area contributed by atoms with Crippen molar-refractivity contribution in [2.24, 2.45) is 0 Å². The van der Waals surface area contributed by atoms with Gasteiger partial charge in [-0.15, -0.1) is 0 Å². The fraction of sp³-hybridized carbons (Fsp3) is 0.0938. The first-order chi connectivity index (χ1) is 20.2. The van der Waals surface area contributed by atoms with E-state index in [0.29, 0.717) is 12.0 Å². The van der Waals surface area contributed by atoms with E-state index < -0.39 is 63.6 Å². The molecule has 0 aliphatic heterocycles. The lowest BCUT2D eigenvalue weighted by Crippen LogP contribution is -2.30. The van der Waals surface area contributed by atoms with Gasteiger partial charge in [-0.2, -0.15) is 0 Å². The number of furan rings is 1. The molecule has 6 N–H and O–H groups in total. The lowest BCUT2D eigenvalue weighted by Gasteiger charge is -2.21. The number of nitrogens with one attached hydrogen (secondary N) is 1. The molecule has 1 aromatic heterocycles. The zero-order chi connectivity index (χ0) is 29.7. The van der Waals surface area contributed by atoms with Gasteiger partial charge in [-0.3, -0.25) is 9.59 Å². The number of carbonyl (C=O) groups excluding carboxylic acids is 2. The van der Waals surface area contributed by atoms with E-state index in [1.807, 2.05) is 24.3 Å². The lowest BCUT2D eigenvalue weighted by molar-refractivity contribution is 0.0691. The summed E-state index contributed by atoms with van der Waals surface area (Å²) < 4.78 is 6.06. The summed E-state index contributed by atoms with van der Waals surface area (Å²) in [5, 5.41) is 54.7. The maximum Gasteiger partial charge on any atom is 0.336 e. The van der Waals surface area contributed by atoms with E-state index in [1.54, 1.807) is 0 Å². The number of ketones is 1. The van der Waals surface area contributed by atoms with Gasteiger partial charge >= 0.3 is 5.97 Å². The van der Waals surface area contributed by atoms with Gasteiger partial charge in [-0.1, -0.05) is 30.3 Å². The molecule has 1 amide bonds. The van der Waals surface area contributed by atoms with E-state index in [-0.39, 0.29) is 22.5 Å². The molecule has 0 radical (unpaired) electrons. The molecule has 1 heterocycles. The summed E-state index contributed by atoms with van der Waals surface area (Å²) in [6.45, 7) is 0. The number of phenols is 3. The van der Waals surface area contributed by atoms with Gasteiger partial charge in [0.25, 0.3) is 5.91 Å². The fourth-order valence-electron chi connectivity index (χ4n) is 5.60. The highest BCUT2D eigenvalue weighted by molar-refractivity contribution is 6.23. The number of carboxylic acid groups (broad SMARTS) is 1. The number of carbonyl (C=O) groups is 3. The van der Waals surface area contributed by atoms with Crippen LogP contribution >= 0.6 is 0 Å². The van der Waals surface area contributed by atoms with Crippen LogP contribution in [0.15, 0.2) is 83.3 Å². The quantitative estimate of drug-likeness (QED) is 0.155. The van der Waals surface area contributed by atoms with Gasteiger partial charge in [-0.05, 0) is 66.1 Å². The van der Waals surface area contributed by atoms with Crippen LogP contribution in [0.4, 0.5) is 0 Å². The third-order valence-corrected chi connectivity index (χ3v) is 7.55. The topological polar surface area (TPSA) is 178 Å². The highest BCUT2D eigenvalue weighted by Crippen LogP contribution is 2.50. The van der Waals surface area contributed by atoms with E-state index in [4.69, 9.17) is 4.42 Å². The SMILES string of the molecule is O=C(NC1c2ccccc2CC1c1oc2ccc(O)c(C(=O)c3c(O)cccc3C(=O)O)c2c1O)c1ccc(O)cc1. The molecule has 210 valence electrons. The Balaban J connectivity index is 1.47. The zero-order valence-electron chi connectivity index (χ0n) is 21.7. The van der Waals surface area contributed by atoms with E-state index >= 15 is 0 Å². The van der Waals surface area contributed by atoms with Crippen molar-refractivity contribution in [3.63, 3.8) is 0 Å². The monoisotopic (exact) mass is 565 g/mol. The number of phenolic OH excluding ortho intramolecular Hbond substituents is 3. The minimum atomic E-state index is -1.46. The van der Waals surface area contributed by atoms with E-state index in [1.165, 1.54) is 42.5 Å². The second kappa shape index (κ2) is 10.0. The maximum absolute atomic E-state index is 13.7. The predicted octanol–water partition coefficient (Wildman–Crippen LogP) is 5.00. The minimum Gasteiger partial charge on any atom is -0.508 e. The Kier molecular flexibility index (Phi) is 6.30. The molecule has 6 rings (SSSR count). The molecule has 4 aromatic carbocycles. The third kappa shape index (κ3) is 4.26. The van der Waals surface area contributed by atoms with Crippen LogP contribution in [0.1, 0.15) is 65.5 Å². The van der Waals surface area contributed by atoms with Crippen molar-refractivity contribution < 1.29 is 44.3 Å². The molecule has 2 atom stereocenters. The molecule has 0 spiro atoms. The Hall–Kier alpha value is -5.77. The molecule has 42 heavy (non-hydrogen) atoms. The van der Waals surface area contributed by atoms with Crippen LogP contribution in [0.5, 0.6) is 23.0 Å². The first kappa shape index (κ1) is 26.5. The number of aromatic carboxylic acids is 1. The highest BCUT2D eigenvalue weighted by Gasteiger charge is 2.40. The second-order valence-corrected chi connectivity index (χ2v) is 9.99. The van der Waals surface area contributed by atoms with Crippen molar-refractivity contribution in [1.29, 1.82) is 0 Å². The lowest BCUT2D eigenvalue weighted by atomic mass is 9.92. The number of carboxylic acids is 1. The number of hydrogen-bond donors (Lipinski definition) is 6. The van der Waals surface area contributed by atoms with Crippen molar-refractivity contribution in [1.82, 2.24) is 5.32 Å². The molecule has 0 bridgehead atoms.